The molecule has 0 aromatic heterocycles. The Morgan fingerprint density at radius 3 is 2.17 bits per heavy atom. The summed E-state index contributed by atoms with van der Waals surface area (Å²) in [5.74, 6) is 4.38. The molecule has 0 heteroatoms. The summed E-state index contributed by atoms with van der Waals surface area (Å²) in [5, 5.41) is 0. The highest BCUT2D eigenvalue weighted by Crippen LogP contribution is 2.73. The summed E-state index contributed by atoms with van der Waals surface area (Å²) in [6.45, 7) is 5.50. The lowest BCUT2D eigenvalue weighted by Gasteiger charge is -2.61. The summed E-state index contributed by atoms with van der Waals surface area (Å²) >= 11 is 0. The van der Waals surface area contributed by atoms with Crippen LogP contribution in [0.5, 0.6) is 0 Å². The zero-order valence-electron chi connectivity index (χ0n) is 15.7. The van der Waals surface area contributed by atoms with E-state index in [1.54, 1.807) is 64.2 Å². The first kappa shape index (κ1) is 15.3. The van der Waals surface area contributed by atoms with Crippen LogP contribution in [0.15, 0.2) is 0 Å². The maximum Gasteiger partial charge on any atom is -0.0238 e. The molecule has 0 nitrogen and oxygen atoms in total. The van der Waals surface area contributed by atoms with E-state index in [0.29, 0.717) is 0 Å². The molecule has 5 aliphatic carbocycles. The highest BCUT2D eigenvalue weighted by atomic mass is 14.7. The second kappa shape index (κ2) is 5.01. The average molecular weight is 315 g/mol. The molecule has 0 aromatic rings. The zero-order valence-corrected chi connectivity index (χ0v) is 15.7. The third-order valence-corrected chi connectivity index (χ3v) is 10.7. The lowest BCUT2D eigenvalue weighted by Crippen LogP contribution is -2.54. The summed E-state index contributed by atoms with van der Waals surface area (Å²) in [6.07, 6.45) is 22.0. The van der Waals surface area contributed by atoms with Gasteiger partial charge in [0.2, 0.25) is 0 Å². The average Bonchev–Trinajstić information content (AvgIpc) is 3.14. The van der Waals surface area contributed by atoms with Crippen LogP contribution in [0.3, 0.4) is 0 Å². The van der Waals surface area contributed by atoms with E-state index >= 15 is 0 Å². The van der Waals surface area contributed by atoms with Crippen molar-refractivity contribution >= 4 is 0 Å². The molecule has 0 bridgehead atoms. The molecule has 0 saturated heterocycles. The molecule has 23 heavy (non-hydrogen) atoms. The lowest BCUT2D eigenvalue weighted by molar-refractivity contribution is -0.124. The Kier molecular flexibility index (Phi) is 3.33. The smallest absolute Gasteiger partial charge is 0.0238 e. The first-order valence-corrected chi connectivity index (χ1v) is 11.1. The van der Waals surface area contributed by atoms with Gasteiger partial charge in [-0.15, -0.1) is 0 Å². The minimum Gasteiger partial charge on any atom is -0.0591 e. The van der Waals surface area contributed by atoms with Gasteiger partial charge in [0, 0.05) is 0 Å². The SMILES string of the molecule is CC12CCCCC1CCC1C2CCC2(C)C1CCC21CCCC1. The monoisotopic (exact) mass is 314 g/mol. The summed E-state index contributed by atoms with van der Waals surface area (Å²) < 4.78 is 0. The van der Waals surface area contributed by atoms with Crippen LogP contribution in [0, 0.1) is 39.9 Å². The molecule has 0 N–H and O–H groups in total. The standard InChI is InChI=1S/C23H38/c1-21-12-4-3-7-17(21)8-9-18-19(21)10-15-22(2)20(18)11-16-23(22)13-5-6-14-23/h17-20H,3-16H2,1-2H3. The van der Waals surface area contributed by atoms with Crippen molar-refractivity contribution in [3.63, 3.8) is 0 Å². The largest absolute Gasteiger partial charge is 0.0591 e. The maximum atomic E-state index is 2.77. The number of hydrogen-bond donors (Lipinski definition) is 0. The van der Waals surface area contributed by atoms with Crippen molar-refractivity contribution < 1.29 is 0 Å². The Bertz CT molecular complexity index is 472. The van der Waals surface area contributed by atoms with Crippen LogP contribution in [-0.4, -0.2) is 0 Å². The van der Waals surface area contributed by atoms with Crippen molar-refractivity contribution in [3.05, 3.63) is 0 Å². The number of fused-ring (bicyclic) bond motifs is 6. The number of hydrogen-bond acceptors (Lipinski definition) is 0. The predicted octanol–water partition coefficient (Wildman–Crippen LogP) is 6.98. The molecule has 6 atom stereocenters. The van der Waals surface area contributed by atoms with E-state index in [0.717, 1.165) is 39.9 Å². The molecule has 0 radical (unpaired) electrons. The van der Waals surface area contributed by atoms with Crippen LogP contribution in [-0.2, 0) is 0 Å². The van der Waals surface area contributed by atoms with Gasteiger partial charge < -0.3 is 0 Å². The quantitative estimate of drug-likeness (QED) is 0.452. The van der Waals surface area contributed by atoms with Crippen molar-refractivity contribution in [2.75, 3.05) is 0 Å². The van der Waals surface area contributed by atoms with Gasteiger partial charge in [-0.2, -0.15) is 0 Å². The van der Waals surface area contributed by atoms with Crippen LogP contribution in [0.25, 0.3) is 0 Å². The van der Waals surface area contributed by atoms with Gasteiger partial charge in [0.1, 0.15) is 0 Å². The van der Waals surface area contributed by atoms with Crippen LogP contribution < -0.4 is 0 Å². The van der Waals surface area contributed by atoms with E-state index in [1.165, 1.54) is 25.7 Å². The summed E-state index contributed by atoms with van der Waals surface area (Å²) in [4.78, 5) is 0. The van der Waals surface area contributed by atoms with E-state index in [-0.39, 0.29) is 0 Å². The van der Waals surface area contributed by atoms with Gasteiger partial charge in [0.25, 0.3) is 0 Å². The molecular formula is C23H38. The Labute approximate surface area is 144 Å². The topological polar surface area (TPSA) is 0 Å². The molecule has 0 amide bonds. The highest BCUT2D eigenvalue weighted by molar-refractivity contribution is 5.13. The first-order valence-electron chi connectivity index (χ1n) is 11.1. The van der Waals surface area contributed by atoms with Gasteiger partial charge in [-0.25, -0.2) is 0 Å². The fourth-order valence-electron chi connectivity index (χ4n) is 9.40. The predicted molar refractivity (Wildman–Crippen MR) is 97.2 cm³/mol. The third kappa shape index (κ3) is 1.85. The molecule has 5 saturated carbocycles. The Balaban J connectivity index is 1.47. The number of rotatable bonds is 0. The van der Waals surface area contributed by atoms with E-state index < -0.39 is 0 Å². The van der Waals surface area contributed by atoms with Crippen molar-refractivity contribution in [2.24, 2.45) is 39.9 Å². The van der Waals surface area contributed by atoms with Crippen LogP contribution >= 0.6 is 0 Å². The molecule has 5 rings (SSSR count). The fourth-order valence-corrected chi connectivity index (χ4v) is 9.40. The molecule has 6 unspecified atom stereocenters. The normalized spacial score (nSPS) is 54.5. The van der Waals surface area contributed by atoms with Crippen LogP contribution in [0.2, 0.25) is 0 Å². The second-order valence-electron chi connectivity index (χ2n) is 10.9. The first-order chi connectivity index (χ1) is 11.1. The zero-order chi connectivity index (χ0) is 15.7. The van der Waals surface area contributed by atoms with Crippen molar-refractivity contribution in [2.45, 2.75) is 104 Å². The molecule has 0 heterocycles. The fraction of sp³-hybridized carbons (Fsp3) is 1.00. The lowest BCUT2D eigenvalue weighted by atomic mass is 9.43. The molecule has 5 aliphatic rings. The molecule has 5 fully saturated rings. The minimum absolute atomic E-state index is 0.725. The van der Waals surface area contributed by atoms with Gasteiger partial charge in [-0.3, -0.25) is 0 Å². The van der Waals surface area contributed by atoms with Crippen molar-refractivity contribution in [1.82, 2.24) is 0 Å². The van der Waals surface area contributed by atoms with Crippen LogP contribution in [0.1, 0.15) is 104 Å². The summed E-state index contributed by atoms with van der Waals surface area (Å²) in [5.41, 5.74) is 2.24. The van der Waals surface area contributed by atoms with Crippen molar-refractivity contribution in [1.29, 1.82) is 0 Å². The molecule has 0 aromatic carbocycles. The summed E-state index contributed by atoms with van der Waals surface area (Å²) in [6, 6.07) is 0. The van der Waals surface area contributed by atoms with E-state index in [2.05, 4.69) is 13.8 Å². The van der Waals surface area contributed by atoms with Gasteiger partial charge in [-0.05, 0) is 104 Å². The van der Waals surface area contributed by atoms with E-state index in [4.69, 9.17) is 0 Å². The molecule has 0 aliphatic heterocycles. The van der Waals surface area contributed by atoms with Crippen molar-refractivity contribution in [3.8, 4) is 0 Å². The van der Waals surface area contributed by atoms with Gasteiger partial charge in [-0.1, -0.05) is 39.5 Å². The second-order valence-corrected chi connectivity index (χ2v) is 10.9. The van der Waals surface area contributed by atoms with Gasteiger partial charge >= 0.3 is 0 Å². The molecule has 130 valence electrons. The maximum absolute atomic E-state index is 2.77. The highest BCUT2D eigenvalue weighted by Gasteiger charge is 2.64. The summed E-state index contributed by atoms with van der Waals surface area (Å²) in [7, 11) is 0. The third-order valence-electron chi connectivity index (χ3n) is 10.7. The van der Waals surface area contributed by atoms with E-state index in [1.807, 2.05) is 0 Å². The van der Waals surface area contributed by atoms with Crippen LogP contribution in [0.4, 0.5) is 0 Å². The van der Waals surface area contributed by atoms with E-state index in [9.17, 15) is 0 Å². The minimum atomic E-state index is 0.725. The molecular weight excluding hydrogens is 276 g/mol. The van der Waals surface area contributed by atoms with Gasteiger partial charge in [0.05, 0.1) is 0 Å². The van der Waals surface area contributed by atoms with Gasteiger partial charge in [0.15, 0.2) is 0 Å². The molecule has 1 spiro atoms. The Morgan fingerprint density at radius 2 is 1.35 bits per heavy atom. The Morgan fingerprint density at radius 1 is 0.609 bits per heavy atom. The Hall–Kier alpha value is 0.